The van der Waals surface area contributed by atoms with E-state index in [4.69, 9.17) is 0 Å². The first-order chi connectivity index (χ1) is 19.1. The molecule has 14 heteroatoms. The standard InChI is InChI=1S/C27H45N5O9/c1-27(2,3)20-14-21(33)19(26(20)41)4-5-28-22(34)15-29-6-8-30(16-23(35)36)10-12-32(18-25(39)40)13-11-31(9-7-29)17-24(37)38/h19-20H,4-18H2,1-3H3,(H,28,34)(H,35,36)(H,37,38)(H,39,40). The van der Waals surface area contributed by atoms with E-state index in [1.165, 1.54) is 0 Å². The molecule has 1 aliphatic heterocycles. The fourth-order valence-electron chi connectivity index (χ4n) is 5.28. The van der Waals surface area contributed by atoms with Crippen molar-refractivity contribution in [2.45, 2.75) is 33.6 Å². The van der Waals surface area contributed by atoms with E-state index in [1.807, 2.05) is 25.7 Å². The number of carboxylic acids is 3. The van der Waals surface area contributed by atoms with Crippen LogP contribution in [0.2, 0.25) is 0 Å². The van der Waals surface area contributed by atoms with Gasteiger partial charge in [0.05, 0.1) is 32.1 Å². The van der Waals surface area contributed by atoms with Gasteiger partial charge in [0, 0.05) is 71.2 Å². The highest BCUT2D eigenvalue weighted by atomic mass is 16.4. The van der Waals surface area contributed by atoms with Crippen molar-refractivity contribution in [2.24, 2.45) is 17.3 Å². The molecule has 0 aromatic carbocycles. The molecule has 41 heavy (non-hydrogen) atoms. The maximum Gasteiger partial charge on any atom is 0.317 e. The summed E-state index contributed by atoms with van der Waals surface area (Å²) in [7, 11) is 0. The van der Waals surface area contributed by atoms with Gasteiger partial charge in [0.1, 0.15) is 11.6 Å². The summed E-state index contributed by atoms with van der Waals surface area (Å²) >= 11 is 0. The third kappa shape index (κ3) is 12.2. The summed E-state index contributed by atoms with van der Waals surface area (Å²) in [4.78, 5) is 79.0. The number of nitrogens with zero attached hydrogens (tertiary/aromatic N) is 4. The number of rotatable bonds is 11. The van der Waals surface area contributed by atoms with E-state index in [0.29, 0.717) is 26.2 Å². The topological polar surface area (TPSA) is 188 Å². The molecule has 1 aliphatic carbocycles. The second kappa shape index (κ2) is 15.9. The molecule has 2 unspecified atom stereocenters. The van der Waals surface area contributed by atoms with Crippen molar-refractivity contribution in [1.82, 2.24) is 24.9 Å². The number of carbonyl (C=O) groups excluding carboxylic acids is 3. The van der Waals surface area contributed by atoms with E-state index in [-0.39, 0.29) is 101 Å². The van der Waals surface area contributed by atoms with Crippen molar-refractivity contribution in [1.29, 1.82) is 0 Å². The molecular formula is C27H45N5O9. The van der Waals surface area contributed by atoms with Crippen LogP contribution in [0.25, 0.3) is 0 Å². The molecule has 0 aromatic heterocycles. The molecule has 0 bridgehead atoms. The van der Waals surface area contributed by atoms with Gasteiger partial charge in [-0.15, -0.1) is 0 Å². The summed E-state index contributed by atoms with van der Waals surface area (Å²) < 4.78 is 0. The van der Waals surface area contributed by atoms with Crippen LogP contribution < -0.4 is 5.32 Å². The Morgan fingerprint density at radius 3 is 1.39 bits per heavy atom. The summed E-state index contributed by atoms with van der Waals surface area (Å²) in [6.07, 6.45) is 0.462. The largest absolute Gasteiger partial charge is 0.480 e. The molecule has 2 aliphatic rings. The lowest BCUT2D eigenvalue weighted by Gasteiger charge is -2.32. The average Bonchev–Trinajstić information content (AvgIpc) is 3.13. The Bertz CT molecular complexity index is 935. The van der Waals surface area contributed by atoms with Gasteiger partial charge in [0.15, 0.2) is 0 Å². The van der Waals surface area contributed by atoms with Gasteiger partial charge < -0.3 is 20.6 Å². The molecule has 2 atom stereocenters. The van der Waals surface area contributed by atoms with Crippen LogP contribution in [-0.2, 0) is 28.8 Å². The smallest absolute Gasteiger partial charge is 0.317 e. The Balaban J connectivity index is 2.02. The first-order valence-electron chi connectivity index (χ1n) is 14.0. The van der Waals surface area contributed by atoms with Gasteiger partial charge in [0.2, 0.25) is 5.91 Å². The van der Waals surface area contributed by atoms with Gasteiger partial charge in [-0.2, -0.15) is 0 Å². The van der Waals surface area contributed by atoms with Gasteiger partial charge in [-0.3, -0.25) is 48.4 Å². The number of Topliss-reactive ketones (excluding diaryl/α,β-unsaturated/α-hetero) is 2. The number of hydrogen-bond donors (Lipinski definition) is 4. The Labute approximate surface area is 240 Å². The van der Waals surface area contributed by atoms with Crippen LogP contribution in [0, 0.1) is 17.3 Å². The zero-order chi connectivity index (χ0) is 30.7. The van der Waals surface area contributed by atoms with E-state index < -0.39 is 23.8 Å². The van der Waals surface area contributed by atoms with Crippen molar-refractivity contribution >= 4 is 35.4 Å². The molecule has 1 amide bonds. The molecule has 1 heterocycles. The molecule has 14 nitrogen and oxygen atoms in total. The zero-order valence-electron chi connectivity index (χ0n) is 24.3. The normalized spacial score (nSPS) is 23.1. The van der Waals surface area contributed by atoms with Crippen molar-refractivity contribution in [3.05, 3.63) is 0 Å². The van der Waals surface area contributed by atoms with Crippen molar-refractivity contribution in [3.8, 4) is 0 Å². The predicted octanol–water partition coefficient (Wildman–Crippen LogP) is -1.21. The predicted molar refractivity (Wildman–Crippen MR) is 147 cm³/mol. The van der Waals surface area contributed by atoms with Gasteiger partial charge in [-0.1, -0.05) is 20.8 Å². The maximum atomic E-state index is 12.8. The number of carboxylic acid groups (broad SMARTS) is 3. The molecule has 2 rings (SSSR count). The molecule has 0 spiro atoms. The molecule has 1 saturated heterocycles. The molecule has 2 fully saturated rings. The van der Waals surface area contributed by atoms with E-state index in [2.05, 4.69) is 5.32 Å². The first kappa shape index (κ1) is 34.3. The number of amides is 1. The minimum Gasteiger partial charge on any atom is -0.480 e. The number of nitrogens with one attached hydrogen (secondary N) is 1. The lowest BCUT2D eigenvalue weighted by atomic mass is 9.78. The number of aliphatic carboxylic acids is 3. The molecule has 0 radical (unpaired) electrons. The minimum atomic E-state index is -1.03. The van der Waals surface area contributed by atoms with Gasteiger partial charge >= 0.3 is 17.9 Å². The van der Waals surface area contributed by atoms with Gasteiger partial charge in [-0.05, 0) is 11.8 Å². The SMILES string of the molecule is CC(C)(C)C1CC(=O)C(CCNC(=O)CN2CCN(CC(=O)O)CCN(CC(=O)O)CCN(CC(=O)O)CC2)C1=O. The molecule has 232 valence electrons. The highest BCUT2D eigenvalue weighted by Gasteiger charge is 2.45. The highest BCUT2D eigenvalue weighted by Crippen LogP contribution is 2.38. The lowest BCUT2D eigenvalue weighted by molar-refractivity contribution is -0.140. The van der Waals surface area contributed by atoms with E-state index >= 15 is 0 Å². The van der Waals surface area contributed by atoms with Crippen LogP contribution in [0.4, 0.5) is 0 Å². The Morgan fingerprint density at radius 2 is 1.07 bits per heavy atom. The summed E-state index contributed by atoms with van der Waals surface area (Å²) in [6.45, 7) is 7.63. The average molecular weight is 584 g/mol. The molecular weight excluding hydrogens is 538 g/mol. The second-order valence-corrected chi connectivity index (χ2v) is 12.0. The molecule has 4 N–H and O–H groups in total. The van der Waals surface area contributed by atoms with Crippen LogP contribution in [0.1, 0.15) is 33.6 Å². The number of carbonyl (C=O) groups is 6. The van der Waals surface area contributed by atoms with Crippen molar-refractivity contribution in [2.75, 3.05) is 85.1 Å². The van der Waals surface area contributed by atoms with Crippen LogP contribution >= 0.6 is 0 Å². The van der Waals surface area contributed by atoms with Crippen LogP contribution in [0.5, 0.6) is 0 Å². The van der Waals surface area contributed by atoms with Gasteiger partial charge in [0.25, 0.3) is 0 Å². The van der Waals surface area contributed by atoms with E-state index in [9.17, 15) is 44.1 Å². The maximum absolute atomic E-state index is 12.8. The van der Waals surface area contributed by atoms with Crippen molar-refractivity contribution < 1.29 is 44.1 Å². The number of ketones is 2. The number of hydrogen-bond acceptors (Lipinski definition) is 10. The van der Waals surface area contributed by atoms with E-state index in [0.717, 1.165) is 0 Å². The lowest BCUT2D eigenvalue weighted by Crippen LogP contribution is -2.49. The summed E-state index contributed by atoms with van der Waals surface area (Å²) in [5, 5.41) is 30.7. The van der Waals surface area contributed by atoms with Crippen LogP contribution in [0.15, 0.2) is 0 Å². The zero-order valence-corrected chi connectivity index (χ0v) is 24.3. The second-order valence-electron chi connectivity index (χ2n) is 12.0. The molecule has 1 saturated carbocycles. The fourth-order valence-corrected chi connectivity index (χ4v) is 5.28. The van der Waals surface area contributed by atoms with Crippen molar-refractivity contribution in [3.63, 3.8) is 0 Å². The third-order valence-electron chi connectivity index (χ3n) is 7.66. The Kier molecular flexibility index (Phi) is 13.3. The summed E-state index contributed by atoms with van der Waals surface area (Å²) in [5.41, 5.74) is -0.302. The van der Waals surface area contributed by atoms with Crippen LogP contribution in [0.3, 0.4) is 0 Å². The van der Waals surface area contributed by atoms with Crippen LogP contribution in [-0.4, -0.2) is 155 Å². The monoisotopic (exact) mass is 583 g/mol. The first-order valence-corrected chi connectivity index (χ1v) is 14.0. The highest BCUT2D eigenvalue weighted by molar-refractivity contribution is 6.10. The van der Waals surface area contributed by atoms with E-state index in [1.54, 1.807) is 14.7 Å². The third-order valence-corrected chi connectivity index (χ3v) is 7.66. The summed E-state index contributed by atoms with van der Waals surface area (Å²) in [6, 6.07) is 0. The Morgan fingerprint density at radius 1 is 0.707 bits per heavy atom. The minimum absolute atomic E-state index is 0.0237. The fraction of sp³-hybridized carbons (Fsp3) is 0.778. The Hall–Kier alpha value is -2.94. The van der Waals surface area contributed by atoms with Gasteiger partial charge in [-0.25, -0.2) is 0 Å². The quantitative estimate of drug-likeness (QED) is 0.212. The summed E-state index contributed by atoms with van der Waals surface area (Å²) in [5.74, 6) is -4.59. The molecule has 0 aromatic rings.